The molecule has 3 N–H and O–H groups in total. The minimum Gasteiger partial charge on any atom is -0.508 e. The summed E-state index contributed by atoms with van der Waals surface area (Å²) >= 11 is 0. The zero-order valence-electron chi connectivity index (χ0n) is 18.4. The van der Waals surface area contributed by atoms with Crippen molar-refractivity contribution in [2.24, 2.45) is 0 Å². The van der Waals surface area contributed by atoms with E-state index in [1.54, 1.807) is 12.1 Å². The molecule has 0 aliphatic heterocycles. The Labute approximate surface area is 188 Å². The summed E-state index contributed by atoms with van der Waals surface area (Å²) in [5, 5.41) is 24.9. The summed E-state index contributed by atoms with van der Waals surface area (Å²) in [6, 6.07) is 19.9. The number of carboxylic acid groups (broad SMARTS) is 1. The van der Waals surface area contributed by atoms with E-state index in [0.29, 0.717) is 18.4 Å². The van der Waals surface area contributed by atoms with Gasteiger partial charge < -0.3 is 15.5 Å². The molecule has 3 aromatic rings. The van der Waals surface area contributed by atoms with Crippen LogP contribution < -0.4 is 5.32 Å². The molecule has 0 saturated heterocycles. The maximum absolute atomic E-state index is 12.0. The van der Waals surface area contributed by atoms with Crippen LogP contribution in [-0.2, 0) is 11.2 Å². The normalized spacial score (nSPS) is 16.2. The highest BCUT2D eigenvalue weighted by molar-refractivity contribution is 5.88. The molecule has 0 spiro atoms. The summed E-state index contributed by atoms with van der Waals surface area (Å²) in [4.78, 5) is 12.0. The van der Waals surface area contributed by atoms with E-state index in [1.165, 1.54) is 16.7 Å². The molecule has 164 valence electrons. The lowest BCUT2D eigenvalue weighted by molar-refractivity contribution is -0.133. The van der Waals surface area contributed by atoms with Crippen LogP contribution in [0.25, 0.3) is 10.8 Å². The van der Waals surface area contributed by atoms with Gasteiger partial charge in [0.2, 0.25) is 0 Å². The summed E-state index contributed by atoms with van der Waals surface area (Å²) in [7, 11) is 0. The Morgan fingerprint density at radius 2 is 1.88 bits per heavy atom. The van der Waals surface area contributed by atoms with E-state index < -0.39 is 5.97 Å². The molecule has 4 nitrogen and oxygen atoms in total. The zero-order valence-corrected chi connectivity index (χ0v) is 18.4. The molecule has 0 heterocycles. The molecule has 1 atom stereocenters. The first-order valence-corrected chi connectivity index (χ1v) is 11.1. The van der Waals surface area contributed by atoms with Gasteiger partial charge in [-0.05, 0) is 79.0 Å². The molecule has 1 aliphatic rings. The third kappa shape index (κ3) is 5.02. The molecule has 3 aromatic carbocycles. The van der Waals surface area contributed by atoms with Gasteiger partial charge in [0, 0.05) is 11.4 Å². The van der Waals surface area contributed by atoms with Crippen LogP contribution in [0.3, 0.4) is 0 Å². The Balaban J connectivity index is 1.41. The van der Waals surface area contributed by atoms with Gasteiger partial charge >= 0.3 is 5.97 Å². The summed E-state index contributed by atoms with van der Waals surface area (Å²) in [6.07, 6.45) is 3.70. The number of hydrogen-bond donors (Lipinski definition) is 3. The minimum absolute atomic E-state index is 0.233. The van der Waals surface area contributed by atoms with Crippen LogP contribution in [0, 0.1) is 6.92 Å². The number of phenols is 1. The molecule has 1 unspecified atom stereocenters. The number of aliphatic carboxylic acids is 1. The first-order valence-electron chi connectivity index (χ1n) is 11.1. The van der Waals surface area contributed by atoms with Crippen LogP contribution in [0.5, 0.6) is 5.75 Å². The first-order chi connectivity index (χ1) is 15.4. The molecule has 4 heteroatoms. The topological polar surface area (TPSA) is 69.6 Å². The Morgan fingerprint density at radius 3 is 2.66 bits per heavy atom. The molecule has 0 radical (unpaired) electrons. The molecule has 0 fully saturated rings. The third-order valence-electron chi connectivity index (χ3n) is 6.26. The number of phenolic OH excluding ortho intramolecular Hbond substituents is 1. The summed E-state index contributed by atoms with van der Waals surface area (Å²) in [5.41, 5.74) is 5.69. The average Bonchev–Trinajstić information content (AvgIpc) is 2.77. The van der Waals surface area contributed by atoms with Crippen molar-refractivity contribution in [2.75, 3.05) is 0 Å². The SMILES string of the molecule is C=C(CCc1ccc2cc(O)ccc2c1)NC1=C(C(=O)O)CC(c2cccc(C)c2)CC1. The van der Waals surface area contributed by atoms with E-state index >= 15 is 0 Å². The Kier molecular flexibility index (Phi) is 6.31. The maximum Gasteiger partial charge on any atom is 0.333 e. The van der Waals surface area contributed by atoms with Crippen molar-refractivity contribution in [1.82, 2.24) is 5.32 Å². The highest BCUT2D eigenvalue weighted by Crippen LogP contribution is 2.36. The van der Waals surface area contributed by atoms with Gasteiger partial charge in [-0.3, -0.25) is 0 Å². The molecule has 4 rings (SSSR count). The van der Waals surface area contributed by atoms with Crippen molar-refractivity contribution in [1.29, 1.82) is 0 Å². The zero-order chi connectivity index (χ0) is 22.7. The Morgan fingerprint density at radius 1 is 1.09 bits per heavy atom. The minimum atomic E-state index is -0.851. The number of hydrogen-bond acceptors (Lipinski definition) is 3. The second kappa shape index (κ2) is 9.31. The lowest BCUT2D eigenvalue weighted by atomic mass is 9.81. The average molecular weight is 428 g/mol. The number of carbonyl (C=O) groups is 1. The lowest BCUT2D eigenvalue weighted by Gasteiger charge is -2.27. The second-order valence-electron chi connectivity index (χ2n) is 8.71. The standard InChI is InChI=1S/C28H29NO3/c1-18-4-3-5-21(14-18)24-11-13-27(26(17-24)28(31)32)29-19(2)6-7-20-8-9-23-16-25(30)12-10-22(23)15-20/h3-5,8-10,12,14-16,24,29-30H,2,6-7,11,13,17H2,1H3,(H,31,32). The molecule has 0 amide bonds. The fourth-order valence-corrected chi connectivity index (χ4v) is 4.51. The first kappa shape index (κ1) is 21.7. The van der Waals surface area contributed by atoms with Crippen LogP contribution in [0.2, 0.25) is 0 Å². The summed E-state index contributed by atoms with van der Waals surface area (Å²) in [5.74, 6) is -0.352. The van der Waals surface area contributed by atoms with Crippen LogP contribution in [0.1, 0.15) is 48.3 Å². The van der Waals surface area contributed by atoms with E-state index in [2.05, 4.69) is 49.2 Å². The summed E-state index contributed by atoms with van der Waals surface area (Å²) in [6.45, 7) is 6.22. The lowest BCUT2D eigenvalue weighted by Crippen LogP contribution is -2.23. The van der Waals surface area contributed by atoms with E-state index in [1.807, 2.05) is 18.2 Å². The summed E-state index contributed by atoms with van der Waals surface area (Å²) < 4.78 is 0. The molecule has 1 aliphatic carbocycles. The number of carboxylic acids is 1. The molecular formula is C28H29NO3. The number of nitrogens with one attached hydrogen (secondary N) is 1. The van der Waals surface area contributed by atoms with Crippen LogP contribution in [-0.4, -0.2) is 16.2 Å². The fraction of sp³-hybridized carbons (Fsp3) is 0.250. The van der Waals surface area contributed by atoms with Gasteiger partial charge in [-0.2, -0.15) is 0 Å². The molecule has 32 heavy (non-hydrogen) atoms. The predicted molar refractivity (Wildman–Crippen MR) is 129 cm³/mol. The largest absolute Gasteiger partial charge is 0.508 e. The third-order valence-corrected chi connectivity index (χ3v) is 6.26. The number of aromatic hydroxyl groups is 1. The van der Waals surface area contributed by atoms with Gasteiger partial charge in [0.1, 0.15) is 5.75 Å². The Bertz CT molecular complexity index is 1210. The van der Waals surface area contributed by atoms with Gasteiger partial charge in [-0.1, -0.05) is 60.7 Å². The van der Waals surface area contributed by atoms with Crippen LogP contribution in [0.15, 0.2) is 84.2 Å². The van der Waals surface area contributed by atoms with E-state index in [-0.39, 0.29) is 11.7 Å². The fourth-order valence-electron chi connectivity index (χ4n) is 4.51. The van der Waals surface area contributed by atoms with Gasteiger partial charge in [0.05, 0.1) is 5.57 Å². The van der Waals surface area contributed by atoms with Crippen molar-refractivity contribution in [3.8, 4) is 5.75 Å². The number of benzene rings is 3. The van der Waals surface area contributed by atoms with Crippen LogP contribution >= 0.6 is 0 Å². The monoisotopic (exact) mass is 427 g/mol. The highest BCUT2D eigenvalue weighted by Gasteiger charge is 2.26. The molecular weight excluding hydrogens is 398 g/mol. The molecule has 0 aromatic heterocycles. The van der Waals surface area contributed by atoms with Crippen molar-refractivity contribution in [3.05, 3.63) is 101 Å². The van der Waals surface area contributed by atoms with E-state index in [9.17, 15) is 15.0 Å². The van der Waals surface area contributed by atoms with Gasteiger partial charge in [0.15, 0.2) is 0 Å². The van der Waals surface area contributed by atoms with Gasteiger partial charge in [0.25, 0.3) is 0 Å². The molecule has 0 saturated carbocycles. The number of aryl methyl sites for hydroxylation is 2. The van der Waals surface area contributed by atoms with E-state index in [4.69, 9.17) is 0 Å². The second-order valence-corrected chi connectivity index (χ2v) is 8.71. The number of fused-ring (bicyclic) bond motifs is 1. The van der Waals surface area contributed by atoms with Gasteiger partial charge in [-0.15, -0.1) is 0 Å². The van der Waals surface area contributed by atoms with Crippen LogP contribution in [0.4, 0.5) is 0 Å². The number of rotatable bonds is 7. The van der Waals surface area contributed by atoms with Crippen molar-refractivity contribution in [2.45, 2.75) is 44.9 Å². The Hall–Kier alpha value is -3.53. The van der Waals surface area contributed by atoms with E-state index in [0.717, 1.165) is 41.4 Å². The molecule has 0 bridgehead atoms. The van der Waals surface area contributed by atoms with Crippen molar-refractivity contribution < 1.29 is 15.0 Å². The number of allylic oxidation sites excluding steroid dienone is 2. The van der Waals surface area contributed by atoms with Crippen molar-refractivity contribution >= 4 is 16.7 Å². The highest BCUT2D eigenvalue weighted by atomic mass is 16.4. The quantitative estimate of drug-likeness (QED) is 0.420. The van der Waals surface area contributed by atoms with Gasteiger partial charge in [-0.25, -0.2) is 4.79 Å². The smallest absolute Gasteiger partial charge is 0.333 e. The predicted octanol–water partition coefficient (Wildman–Crippen LogP) is 6.20. The maximum atomic E-state index is 12.0. The van der Waals surface area contributed by atoms with Crippen molar-refractivity contribution in [3.63, 3.8) is 0 Å².